The molecular weight excluding hydrogens is 340 g/mol. The van der Waals surface area contributed by atoms with Gasteiger partial charge in [0.1, 0.15) is 0 Å². The summed E-state index contributed by atoms with van der Waals surface area (Å²) in [6.07, 6.45) is 0.493. The van der Waals surface area contributed by atoms with Gasteiger partial charge in [0.2, 0.25) is 5.91 Å². The molecule has 0 saturated carbocycles. The van der Waals surface area contributed by atoms with Crippen LogP contribution in [0.3, 0.4) is 0 Å². The summed E-state index contributed by atoms with van der Waals surface area (Å²) in [5.41, 5.74) is 3.30. The highest BCUT2D eigenvalue weighted by Gasteiger charge is 2.06. The fourth-order valence-corrected chi connectivity index (χ4v) is 2.36. The maximum atomic E-state index is 11.4. The number of amides is 1. The van der Waals surface area contributed by atoms with Crippen LogP contribution in [0.15, 0.2) is 53.0 Å². The highest BCUT2D eigenvalue weighted by atomic mass is 79.9. The number of halogens is 1. The topological polar surface area (TPSA) is 41.1 Å². The second-order valence-electron chi connectivity index (χ2n) is 5.25. The molecule has 116 valence electrons. The first-order chi connectivity index (χ1) is 10.6. The van der Waals surface area contributed by atoms with Gasteiger partial charge in [-0.25, -0.2) is 0 Å². The third-order valence-corrected chi connectivity index (χ3v) is 4.07. The Morgan fingerprint density at radius 3 is 2.32 bits per heavy atom. The molecule has 22 heavy (non-hydrogen) atoms. The van der Waals surface area contributed by atoms with E-state index in [4.69, 9.17) is 0 Å². The van der Waals surface area contributed by atoms with Crippen LogP contribution in [-0.2, 0) is 11.3 Å². The lowest BCUT2D eigenvalue weighted by molar-refractivity contribution is -0.115. The fraction of sp³-hybridized carbons (Fsp3) is 0.278. The van der Waals surface area contributed by atoms with Crippen molar-refractivity contribution in [3.63, 3.8) is 0 Å². The van der Waals surface area contributed by atoms with Gasteiger partial charge in [-0.05, 0) is 42.3 Å². The summed E-state index contributed by atoms with van der Waals surface area (Å²) in [6.45, 7) is 4.80. The predicted octanol–water partition coefficient (Wildman–Crippen LogP) is 4.65. The molecule has 0 radical (unpaired) electrons. The number of hydrogen-bond donors (Lipinski definition) is 2. The Bertz CT molecular complexity index is 608. The third kappa shape index (κ3) is 4.97. The van der Waals surface area contributed by atoms with Gasteiger partial charge in [-0.1, -0.05) is 47.1 Å². The summed E-state index contributed by atoms with van der Waals surface area (Å²) >= 11 is 3.44. The van der Waals surface area contributed by atoms with Gasteiger partial charge in [-0.3, -0.25) is 4.79 Å². The van der Waals surface area contributed by atoms with E-state index in [1.165, 1.54) is 11.1 Å². The molecule has 4 heteroatoms. The molecule has 1 amide bonds. The van der Waals surface area contributed by atoms with Gasteiger partial charge in [-0.2, -0.15) is 0 Å². The molecule has 0 aromatic heterocycles. The smallest absolute Gasteiger partial charge is 0.224 e. The number of carbonyl (C=O) groups is 1. The highest BCUT2D eigenvalue weighted by Crippen LogP contribution is 2.17. The van der Waals surface area contributed by atoms with Crippen molar-refractivity contribution in [1.29, 1.82) is 0 Å². The molecule has 2 rings (SSSR count). The van der Waals surface area contributed by atoms with Crippen molar-refractivity contribution in [2.75, 3.05) is 5.32 Å². The van der Waals surface area contributed by atoms with Gasteiger partial charge in [0.15, 0.2) is 0 Å². The summed E-state index contributed by atoms with van der Waals surface area (Å²) in [7, 11) is 0. The van der Waals surface area contributed by atoms with Crippen molar-refractivity contribution in [3.05, 3.63) is 64.1 Å². The minimum atomic E-state index is 0.0363. The summed E-state index contributed by atoms with van der Waals surface area (Å²) in [4.78, 5) is 11.4. The normalized spacial score (nSPS) is 12.0. The van der Waals surface area contributed by atoms with E-state index in [1.54, 1.807) is 0 Å². The largest absolute Gasteiger partial charge is 0.326 e. The van der Waals surface area contributed by atoms with E-state index in [0.717, 1.165) is 16.7 Å². The average molecular weight is 361 g/mol. The second-order valence-corrected chi connectivity index (χ2v) is 6.17. The van der Waals surface area contributed by atoms with Crippen LogP contribution in [0.2, 0.25) is 0 Å². The fourth-order valence-electron chi connectivity index (χ4n) is 2.10. The van der Waals surface area contributed by atoms with Crippen LogP contribution in [0.1, 0.15) is 37.4 Å². The van der Waals surface area contributed by atoms with Crippen LogP contribution >= 0.6 is 15.9 Å². The van der Waals surface area contributed by atoms with Crippen LogP contribution < -0.4 is 10.6 Å². The van der Waals surface area contributed by atoms with Gasteiger partial charge >= 0.3 is 0 Å². The molecular formula is C18H21BrN2O. The van der Waals surface area contributed by atoms with Gasteiger partial charge in [0, 0.05) is 29.2 Å². The second kappa shape index (κ2) is 8.11. The van der Waals surface area contributed by atoms with Crippen molar-refractivity contribution in [2.24, 2.45) is 0 Å². The Morgan fingerprint density at radius 1 is 1.09 bits per heavy atom. The van der Waals surface area contributed by atoms with Crippen molar-refractivity contribution in [3.8, 4) is 0 Å². The van der Waals surface area contributed by atoms with Crippen LogP contribution in [0.5, 0.6) is 0 Å². The number of anilines is 1. The first-order valence-corrected chi connectivity index (χ1v) is 8.25. The molecule has 2 N–H and O–H groups in total. The van der Waals surface area contributed by atoms with Crippen LogP contribution in [0, 0.1) is 0 Å². The van der Waals surface area contributed by atoms with Gasteiger partial charge < -0.3 is 10.6 Å². The number of rotatable bonds is 6. The molecule has 1 atom stereocenters. The number of hydrogen-bond acceptors (Lipinski definition) is 2. The quantitative estimate of drug-likeness (QED) is 0.787. The monoisotopic (exact) mass is 360 g/mol. The van der Waals surface area contributed by atoms with Crippen LogP contribution in [0.4, 0.5) is 5.69 Å². The van der Waals surface area contributed by atoms with E-state index in [0.29, 0.717) is 6.42 Å². The maximum Gasteiger partial charge on any atom is 0.224 e. The Kier molecular flexibility index (Phi) is 6.16. The summed E-state index contributed by atoms with van der Waals surface area (Å²) in [6, 6.07) is 16.5. The zero-order chi connectivity index (χ0) is 15.9. The Morgan fingerprint density at radius 2 is 1.73 bits per heavy atom. The molecule has 2 aromatic carbocycles. The number of nitrogens with one attached hydrogen (secondary N) is 2. The first kappa shape index (κ1) is 16.7. The van der Waals surface area contributed by atoms with E-state index in [-0.39, 0.29) is 11.9 Å². The summed E-state index contributed by atoms with van der Waals surface area (Å²) in [5, 5.41) is 6.36. The standard InChI is InChI=1S/C18H21BrN2O/c1-3-18(22)21-17-10-6-15(7-11-17)13(2)20-12-14-4-8-16(19)9-5-14/h4-11,13,20H,3,12H2,1-2H3,(H,21,22). The molecule has 1 unspecified atom stereocenters. The Hall–Kier alpha value is -1.65. The first-order valence-electron chi connectivity index (χ1n) is 7.46. The molecule has 0 saturated heterocycles. The lowest BCUT2D eigenvalue weighted by atomic mass is 10.1. The zero-order valence-corrected chi connectivity index (χ0v) is 14.5. The average Bonchev–Trinajstić information content (AvgIpc) is 2.54. The van der Waals surface area contributed by atoms with Gasteiger partial charge in [0.05, 0.1) is 0 Å². The third-order valence-electron chi connectivity index (χ3n) is 3.54. The predicted molar refractivity (Wildman–Crippen MR) is 94.8 cm³/mol. The van der Waals surface area contributed by atoms with E-state index in [2.05, 4.69) is 45.6 Å². The molecule has 2 aromatic rings. The SMILES string of the molecule is CCC(=O)Nc1ccc(C(C)NCc2ccc(Br)cc2)cc1. The van der Waals surface area contributed by atoms with Crippen LogP contribution in [0.25, 0.3) is 0 Å². The van der Waals surface area contributed by atoms with Crippen molar-refractivity contribution < 1.29 is 4.79 Å². The van der Waals surface area contributed by atoms with Crippen molar-refractivity contribution >= 4 is 27.5 Å². The van der Waals surface area contributed by atoms with Crippen molar-refractivity contribution in [2.45, 2.75) is 32.9 Å². The highest BCUT2D eigenvalue weighted by molar-refractivity contribution is 9.10. The van der Waals surface area contributed by atoms with Crippen molar-refractivity contribution in [1.82, 2.24) is 5.32 Å². The number of carbonyl (C=O) groups excluding carboxylic acids is 1. The lowest BCUT2D eigenvalue weighted by Crippen LogP contribution is -2.18. The molecule has 0 aliphatic rings. The van der Waals surface area contributed by atoms with E-state index in [1.807, 2.05) is 43.3 Å². The molecule has 0 bridgehead atoms. The molecule has 3 nitrogen and oxygen atoms in total. The zero-order valence-electron chi connectivity index (χ0n) is 12.9. The van der Waals surface area contributed by atoms with E-state index in [9.17, 15) is 4.79 Å². The minimum Gasteiger partial charge on any atom is -0.326 e. The Balaban J connectivity index is 1.90. The minimum absolute atomic E-state index is 0.0363. The van der Waals surface area contributed by atoms with Crippen LogP contribution in [-0.4, -0.2) is 5.91 Å². The number of benzene rings is 2. The summed E-state index contributed by atoms with van der Waals surface area (Å²) < 4.78 is 1.09. The van der Waals surface area contributed by atoms with E-state index < -0.39 is 0 Å². The van der Waals surface area contributed by atoms with E-state index >= 15 is 0 Å². The molecule has 0 fully saturated rings. The Labute approximate surface area is 140 Å². The summed E-state index contributed by atoms with van der Waals surface area (Å²) in [5.74, 6) is 0.0363. The lowest BCUT2D eigenvalue weighted by Gasteiger charge is -2.15. The molecule has 0 aliphatic carbocycles. The molecule has 0 aliphatic heterocycles. The molecule has 0 heterocycles. The van der Waals surface area contributed by atoms with Gasteiger partial charge in [0.25, 0.3) is 0 Å². The molecule has 0 spiro atoms. The van der Waals surface area contributed by atoms with Gasteiger partial charge in [-0.15, -0.1) is 0 Å². The maximum absolute atomic E-state index is 11.4.